The molecule has 0 amide bonds. The lowest BCUT2D eigenvalue weighted by Crippen LogP contribution is -2.43. The standard InChI is InChI=1S/C60H44Br2N2/c61-53-25-21-43(22-26-53)51-39-55(45-13-5-1-6-14-45)59(56(40-51)46-15-7-2-8-16-46)49-29-33-63(34-30-49)37-38-64-35-31-50(32-36-64)60-57(47-17-9-3-10-18-47)41-52(44-23-27-54(62)28-24-44)42-58(60)48-19-11-4-12-20-48/h1-36,39-42H,37-38H2/q+2. The van der Waals surface area contributed by atoms with Crippen molar-refractivity contribution in [2.75, 3.05) is 0 Å². The third-order valence-corrected chi connectivity index (χ3v) is 13.0. The average Bonchev–Trinajstić information content (AvgIpc) is 3.37. The van der Waals surface area contributed by atoms with E-state index in [1.54, 1.807) is 0 Å². The molecule has 0 bridgehead atoms. The van der Waals surface area contributed by atoms with Crippen LogP contribution in [0.1, 0.15) is 0 Å². The lowest BCUT2D eigenvalue weighted by atomic mass is 9.85. The summed E-state index contributed by atoms with van der Waals surface area (Å²) < 4.78 is 6.71. The van der Waals surface area contributed by atoms with Gasteiger partial charge >= 0.3 is 0 Å². The fourth-order valence-corrected chi connectivity index (χ4v) is 9.21. The minimum absolute atomic E-state index is 0.830. The Labute approximate surface area is 392 Å². The predicted molar refractivity (Wildman–Crippen MR) is 272 cm³/mol. The van der Waals surface area contributed by atoms with Crippen LogP contribution in [0.4, 0.5) is 0 Å². The van der Waals surface area contributed by atoms with Gasteiger partial charge < -0.3 is 0 Å². The Morgan fingerprint density at radius 1 is 0.250 bits per heavy atom. The molecule has 0 aliphatic heterocycles. The molecule has 10 rings (SSSR count). The molecule has 0 aliphatic carbocycles. The number of hydrogen-bond acceptors (Lipinski definition) is 0. The smallest absolute Gasteiger partial charge is 0.198 e. The van der Waals surface area contributed by atoms with Gasteiger partial charge in [0.15, 0.2) is 24.8 Å². The van der Waals surface area contributed by atoms with Crippen LogP contribution in [0.25, 0.3) is 89.0 Å². The summed E-state index contributed by atoms with van der Waals surface area (Å²) in [7, 11) is 0. The molecule has 4 heteroatoms. The number of aromatic nitrogens is 2. The first-order valence-corrected chi connectivity index (χ1v) is 23.2. The number of nitrogens with zero attached hydrogens (tertiary/aromatic N) is 2. The second-order valence-electron chi connectivity index (χ2n) is 16.0. The van der Waals surface area contributed by atoms with Crippen molar-refractivity contribution in [1.29, 1.82) is 0 Å². The summed E-state index contributed by atoms with van der Waals surface area (Å²) >= 11 is 7.26. The first kappa shape index (κ1) is 41.1. The third-order valence-electron chi connectivity index (χ3n) is 11.9. The van der Waals surface area contributed by atoms with Crippen LogP contribution in [0.5, 0.6) is 0 Å². The van der Waals surface area contributed by atoms with Crippen LogP contribution in [0.3, 0.4) is 0 Å². The summed E-state index contributed by atoms with van der Waals surface area (Å²) in [6, 6.07) is 78.8. The van der Waals surface area contributed by atoms with Crippen LogP contribution < -0.4 is 9.13 Å². The van der Waals surface area contributed by atoms with Crippen molar-refractivity contribution >= 4 is 31.9 Å². The van der Waals surface area contributed by atoms with Crippen molar-refractivity contribution in [3.8, 4) is 89.0 Å². The molecule has 0 unspecified atom stereocenters. The van der Waals surface area contributed by atoms with Gasteiger partial charge in [0.25, 0.3) is 0 Å². The number of pyridine rings is 2. The maximum Gasteiger partial charge on any atom is 0.206 e. The highest BCUT2D eigenvalue weighted by atomic mass is 79.9. The van der Waals surface area contributed by atoms with Gasteiger partial charge in [-0.2, -0.15) is 9.13 Å². The Hall–Kier alpha value is -6.98. The molecule has 2 aromatic heterocycles. The monoisotopic (exact) mass is 950 g/mol. The molecule has 8 aromatic carbocycles. The second kappa shape index (κ2) is 18.8. The highest BCUT2D eigenvalue weighted by Gasteiger charge is 2.21. The van der Waals surface area contributed by atoms with Gasteiger partial charge in [-0.05, 0) is 138 Å². The maximum absolute atomic E-state index is 3.63. The molecule has 0 aliphatic rings. The van der Waals surface area contributed by atoms with Crippen molar-refractivity contribution in [2.24, 2.45) is 0 Å². The van der Waals surface area contributed by atoms with Gasteiger partial charge in [0.2, 0.25) is 13.1 Å². The minimum atomic E-state index is 0.830. The van der Waals surface area contributed by atoms with Crippen molar-refractivity contribution < 1.29 is 9.13 Å². The molecule has 2 nitrogen and oxygen atoms in total. The van der Waals surface area contributed by atoms with Crippen molar-refractivity contribution in [1.82, 2.24) is 0 Å². The van der Waals surface area contributed by atoms with Gasteiger partial charge in [0, 0.05) is 33.2 Å². The average molecular weight is 953 g/mol. The summed E-state index contributed by atoms with van der Waals surface area (Å²) in [5.41, 5.74) is 19.2. The van der Waals surface area contributed by atoms with Crippen LogP contribution in [-0.2, 0) is 13.1 Å². The summed E-state index contributed by atoms with van der Waals surface area (Å²) in [4.78, 5) is 0. The second-order valence-corrected chi connectivity index (χ2v) is 17.9. The molecule has 0 atom stereocenters. The van der Waals surface area contributed by atoms with Gasteiger partial charge in [0.1, 0.15) is 0 Å². The number of aryl methyl sites for hydroxylation is 2. The minimum Gasteiger partial charge on any atom is -0.198 e. The third kappa shape index (κ3) is 8.94. The summed E-state index contributed by atoms with van der Waals surface area (Å²) in [5, 5.41) is 0. The van der Waals surface area contributed by atoms with E-state index in [1.165, 1.54) is 89.0 Å². The van der Waals surface area contributed by atoms with E-state index in [4.69, 9.17) is 0 Å². The highest BCUT2D eigenvalue weighted by Crippen LogP contribution is 2.45. The van der Waals surface area contributed by atoms with E-state index in [1.807, 2.05) is 0 Å². The Kier molecular flexibility index (Phi) is 12.0. The van der Waals surface area contributed by atoms with Crippen LogP contribution in [-0.4, -0.2) is 0 Å². The Morgan fingerprint density at radius 3 is 0.781 bits per heavy atom. The van der Waals surface area contributed by atoms with Crippen molar-refractivity contribution in [3.05, 3.63) is 252 Å². The lowest BCUT2D eigenvalue weighted by molar-refractivity contribution is -0.778. The lowest BCUT2D eigenvalue weighted by Gasteiger charge is -2.19. The van der Waals surface area contributed by atoms with Crippen molar-refractivity contribution in [3.63, 3.8) is 0 Å². The number of halogens is 2. The quantitative estimate of drug-likeness (QED) is 0.114. The molecule has 0 spiro atoms. The van der Waals surface area contributed by atoms with E-state index < -0.39 is 0 Å². The molecule has 10 aromatic rings. The van der Waals surface area contributed by atoms with Crippen molar-refractivity contribution in [2.45, 2.75) is 13.1 Å². The zero-order valence-electron chi connectivity index (χ0n) is 35.2. The van der Waals surface area contributed by atoms with E-state index in [9.17, 15) is 0 Å². The van der Waals surface area contributed by atoms with E-state index in [-0.39, 0.29) is 0 Å². The van der Waals surface area contributed by atoms with Crippen LogP contribution in [0, 0.1) is 0 Å². The van der Waals surface area contributed by atoms with E-state index in [2.05, 4.69) is 284 Å². The zero-order chi connectivity index (χ0) is 43.2. The van der Waals surface area contributed by atoms with E-state index in [0.29, 0.717) is 0 Å². The zero-order valence-corrected chi connectivity index (χ0v) is 38.3. The summed E-state index contributed by atoms with van der Waals surface area (Å²) in [5.74, 6) is 0. The molecule has 0 saturated carbocycles. The molecule has 2 heterocycles. The molecule has 64 heavy (non-hydrogen) atoms. The largest absolute Gasteiger partial charge is 0.206 e. The van der Waals surface area contributed by atoms with E-state index in [0.717, 1.165) is 22.0 Å². The topological polar surface area (TPSA) is 7.76 Å². The SMILES string of the molecule is Brc1ccc(-c2cc(-c3ccccc3)c(-c3cc[n+](CC[n+]4ccc(-c5c(-c6ccccc6)cc(-c6ccc(Br)cc6)cc5-c5ccccc5)cc4)cc3)c(-c3ccccc3)c2)cc1. The van der Waals surface area contributed by atoms with Crippen LogP contribution >= 0.6 is 31.9 Å². The fraction of sp³-hybridized carbons (Fsp3) is 0.0333. The fourth-order valence-electron chi connectivity index (χ4n) is 8.68. The molecule has 0 saturated heterocycles. The van der Waals surface area contributed by atoms with Crippen LogP contribution in [0.2, 0.25) is 0 Å². The van der Waals surface area contributed by atoms with Gasteiger partial charge in [-0.3, -0.25) is 0 Å². The number of hydrogen-bond donors (Lipinski definition) is 0. The first-order chi connectivity index (χ1) is 31.5. The summed E-state index contributed by atoms with van der Waals surface area (Å²) in [6.45, 7) is 1.66. The Morgan fingerprint density at radius 2 is 0.516 bits per heavy atom. The van der Waals surface area contributed by atoms with E-state index >= 15 is 0 Å². The highest BCUT2D eigenvalue weighted by molar-refractivity contribution is 9.10. The summed E-state index contributed by atoms with van der Waals surface area (Å²) in [6.07, 6.45) is 8.90. The normalized spacial score (nSPS) is 11.1. The number of rotatable bonds is 11. The Balaban J connectivity index is 0.976. The molecule has 0 N–H and O–H groups in total. The predicted octanol–water partition coefficient (Wildman–Crippen LogP) is 15.8. The molecular formula is C60H44Br2N2+2. The molecule has 0 fully saturated rings. The molecule has 306 valence electrons. The molecule has 0 radical (unpaired) electrons. The van der Waals surface area contributed by atoms with Crippen LogP contribution in [0.15, 0.2) is 252 Å². The maximum atomic E-state index is 3.63. The van der Waals surface area contributed by atoms with Gasteiger partial charge in [0.05, 0.1) is 0 Å². The Bertz CT molecular complexity index is 2810. The van der Waals surface area contributed by atoms with Gasteiger partial charge in [-0.1, -0.05) is 177 Å². The van der Waals surface area contributed by atoms with Gasteiger partial charge in [-0.15, -0.1) is 0 Å². The van der Waals surface area contributed by atoms with Gasteiger partial charge in [-0.25, -0.2) is 0 Å². The first-order valence-electron chi connectivity index (χ1n) is 21.6. The molecular weight excluding hydrogens is 908 g/mol. The number of benzene rings is 8.